The zero-order chi connectivity index (χ0) is 22.2. The summed E-state index contributed by atoms with van der Waals surface area (Å²) in [7, 11) is 0. The maximum absolute atomic E-state index is 12.1. The van der Waals surface area contributed by atoms with Gasteiger partial charge in [0.05, 0.1) is 21.1 Å². The fourth-order valence-electron chi connectivity index (χ4n) is 2.79. The smallest absolute Gasteiger partial charge is 0.273 e. The van der Waals surface area contributed by atoms with E-state index in [1.807, 2.05) is 49.4 Å². The lowest BCUT2D eigenvalue weighted by molar-refractivity contribution is -0.385. The Morgan fingerprint density at radius 2 is 1.90 bits per heavy atom. The van der Waals surface area contributed by atoms with E-state index in [1.165, 1.54) is 17.8 Å². The van der Waals surface area contributed by atoms with Crippen molar-refractivity contribution in [2.45, 2.75) is 20.0 Å². The second kappa shape index (κ2) is 10.7. The number of hydrogen-bond donors (Lipinski definition) is 1. The van der Waals surface area contributed by atoms with Crippen LogP contribution in [0.15, 0.2) is 71.8 Å². The molecule has 0 spiro atoms. The molecule has 3 aromatic carbocycles. The first-order valence-corrected chi connectivity index (χ1v) is 10.5. The molecule has 158 valence electrons. The highest BCUT2D eigenvalue weighted by Gasteiger charge is 2.15. The quantitative estimate of drug-likeness (QED) is 0.197. The zero-order valence-electron chi connectivity index (χ0n) is 16.7. The van der Waals surface area contributed by atoms with Crippen molar-refractivity contribution in [3.8, 4) is 5.75 Å². The standard InChI is InChI=1S/C23H20IN3O4/c1-16-6-8-17(9-7-16)15-31-22-11-10-18(12-20(22)24)14-25-26-23(28)13-19-4-2-3-5-21(19)27(29)30/h2-12,14H,13,15H2,1H3,(H,26,28)/b25-14+. The average Bonchev–Trinajstić information content (AvgIpc) is 2.74. The number of ether oxygens (including phenoxy) is 1. The molecule has 0 bridgehead atoms. The molecule has 3 rings (SSSR count). The highest BCUT2D eigenvalue weighted by atomic mass is 127. The van der Waals surface area contributed by atoms with Gasteiger partial charge in [-0.25, -0.2) is 5.43 Å². The van der Waals surface area contributed by atoms with E-state index in [9.17, 15) is 14.9 Å². The number of rotatable bonds is 8. The van der Waals surface area contributed by atoms with E-state index in [2.05, 4.69) is 33.1 Å². The predicted molar refractivity (Wildman–Crippen MR) is 127 cm³/mol. The number of hydrogen-bond acceptors (Lipinski definition) is 5. The Morgan fingerprint density at radius 3 is 2.61 bits per heavy atom. The molecule has 0 heterocycles. The molecule has 0 fully saturated rings. The average molecular weight is 529 g/mol. The van der Waals surface area contributed by atoms with Gasteiger partial charge >= 0.3 is 0 Å². The summed E-state index contributed by atoms with van der Waals surface area (Å²) in [5, 5.41) is 15.0. The third-order valence-electron chi connectivity index (χ3n) is 4.41. The van der Waals surface area contributed by atoms with E-state index in [1.54, 1.807) is 18.2 Å². The second-order valence-corrected chi connectivity index (χ2v) is 7.98. The van der Waals surface area contributed by atoms with Gasteiger partial charge in [-0.1, -0.05) is 48.0 Å². The number of halogens is 1. The largest absolute Gasteiger partial charge is 0.488 e. The second-order valence-electron chi connectivity index (χ2n) is 6.82. The number of nitrogens with one attached hydrogen (secondary N) is 1. The fourth-order valence-corrected chi connectivity index (χ4v) is 3.48. The number of nitro benzene ring substituents is 1. The molecule has 8 heteroatoms. The Balaban J connectivity index is 1.55. The van der Waals surface area contributed by atoms with Crippen LogP contribution in [0.2, 0.25) is 0 Å². The molecular formula is C23H20IN3O4. The van der Waals surface area contributed by atoms with Crippen molar-refractivity contribution in [3.05, 3.63) is 103 Å². The molecule has 7 nitrogen and oxygen atoms in total. The third-order valence-corrected chi connectivity index (χ3v) is 5.26. The van der Waals surface area contributed by atoms with E-state index < -0.39 is 10.8 Å². The van der Waals surface area contributed by atoms with Crippen LogP contribution in [0, 0.1) is 20.6 Å². The first-order valence-electron chi connectivity index (χ1n) is 9.44. The van der Waals surface area contributed by atoms with Crippen molar-refractivity contribution in [1.29, 1.82) is 0 Å². The normalized spacial score (nSPS) is 10.8. The Hall–Kier alpha value is -3.27. The molecule has 0 atom stereocenters. The van der Waals surface area contributed by atoms with Crippen LogP contribution in [0.25, 0.3) is 0 Å². The van der Waals surface area contributed by atoms with Crippen LogP contribution in [0.4, 0.5) is 5.69 Å². The van der Waals surface area contributed by atoms with Gasteiger partial charge in [0.1, 0.15) is 12.4 Å². The lowest BCUT2D eigenvalue weighted by Crippen LogP contribution is -2.20. The molecule has 0 aliphatic carbocycles. The minimum absolute atomic E-state index is 0.0857. The number of carbonyl (C=O) groups excluding carboxylic acids is 1. The van der Waals surface area contributed by atoms with Gasteiger partial charge in [0, 0.05) is 11.6 Å². The van der Waals surface area contributed by atoms with E-state index in [0.717, 1.165) is 20.4 Å². The number of nitro groups is 1. The Morgan fingerprint density at radius 1 is 1.16 bits per heavy atom. The van der Waals surface area contributed by atoms with E-state index in [0.29, 0.717) is 12.2 Å². The minimum atomic E-state index is -0.504. The van der Waals surface area contributed by atoms with Gasteiger partial charge in [-0.2, -0.15) is 5.10 Å². The molecule has 1 N–H and O–H groups in total. The van der Waals surface area contributed by atoms with E-state index in [4.69, 9.17) is 4.74 Å². The molecular weight excluding hydrogens is 509 g/mol. The first kappa shape index (κ1) is 22.4. The molecule has 3 aromatic rings. The summed E-state index contributed by atoms with van der Waals surface area (Å²) in [4.78, 5) is 22.6. The topological polar surface area (TPSA) is 93.8 Å². The summed E-state index contributed by atoms with van der Waals surface area (Å²) < 4.78 is 6.80. The summed E-state index contributed by atoms with van der Waals surface area (Å²) in [5.74, 6) is 0.331. The van der Waals surface area contributed by atoms with Gasteiger partial charge in [-0.15, -0.1) is 0 Å². The highest BCUT2D eigenvalue weighted by molar-refractivity contribution is 14.1. The fraction of sp³-hybridized carbons (Fsp3) is 0.130. The SMILES string of the molecule is Cc1ccc(COc2ccc(/C=N/NC(=O)Cc3ccccc3[N+](=O)[O-])cc2I)cc1. The van der Waals surface area contributed by atoms with Crippen LogP contribution in [0.3, 0.4) is 0 Å². The lowest BCUT2D eigenvalue weighted by atomic mass is 10.1. The van der Waals surface area contributed by atoms with Crippen LogP contribution in [-0.2, 0) is 17.8 Å². The molecule has 31 heavy (non-hydrogen) atoms. The van der Waals surface area contributed by atoms with Crippen molar-refractivity contribution in [2.24, 2.45) is 5.10 Å². The Kier molecular flexibility index (Phi) is 7.71. The molecule has 0 aliphatic heterocycles. The van der Waals surface area contributed by atoms with Crippen molar-refractivity contribution >= 4 is 40.4 Å². The molecule has 0 aliphatic rings. The van der Waals surface area contributed by atoms with Crippen molar-refractivity contribution in [2.75, 3.05) is 0 Å². The summed E-state index contributed by atoms with van der Waals surface area (Å²) >= 11 is 2.19. The third kappa shape index (κ3) is 6.61. The molecule has 0 unspecified atom stereocenters. The summed E-state index contributed by atoms with van der Waals surface area (Å²) in [6, 6.07) is 19.9. The van der Waals surface area contributed by atoms with Gasteiger partial charge in [0.15, 0.2) is 0 Å². The highest BCUT2D eigenvalue weighted by Crippen LogP contribution is 2.23. The van der Waals surface area contributed by atoms with Crippen LogP contribution < -0.4 is 10.2 Å². The number of carbonyl (C=O) groups is 1. The van der Waals surface area contributed by atoms with Crippen molar-refractivity contribution in [1.82, 2.24) is 5.43 Å². The van der Waals surface area contributed by atoms with Gasteiger partial charge in [0.2, 0.25) is 5.91 Å². The predicted octanol–water partition coefficient (Wildman–Crippen LogP) is 4.78. The Labute approximate surface area is 193 Å². The molecule has 0 aromatic heterocycles. The molecule has 0 radical (unpaired) electrons. The van der Waals surface area contributed by atoms with Gasteiger partial charge < -0.3 is 4.74 Å². The molecule has 0 saturated carbocycles. The van der Waals surface area contributed by atoms with Crippen LogP contribution in [-0.4, -0.2) is 17.0 Å². The van der Waals surface area contributed by atoms with Gasteiger partial charge in [-0.3, -0.25) is 14.9 Å². The summed E-state index contributed by atoms with van der Waals surface area (Å²) in [6.07, 6.45) is 1.39. The van der Waals surface area contributed by atoms with Gasteiger partial charge in [-0.05, 0) is 58.8 Å². The number of amides is 1. The molecule has 0 saturated heterocycles. The van der Waals surface area contributed by atoms with Gasteiger partial charge in [0.25, 0.3) is 5.69 Å². The number of hydrazone groups is 1. The van der Waals surface area contributed by atoms with Crippen LogP contribution in [0.1, 0.15) is 22.3 Å². The molecule has 1 amide bonds. The van der Waals surface area contributed by atoms with Crippen LogP contribution in [0.5, 0.6) is 5.75 Å². The number of para-hydroxylation sites is 1. The van der Waals surface area contributed by atoms with E-state index in [-0.39, 0.29) is 12.1 Å². The maximum Gasteiger partial charge on any atom is 0.273 e. The number of benzene rings is 3. The lowest BCUT2D eigenvalue weighted by Gasteiger charge is -2.09. The first-order chi connectivity index (χ1) is 14.9. The monoisotopic (exact) mass is 529 g/mol. The Bertz CT molecular complexity index is 1110. The minimum Gasteiger partial charge on any atom is -0.488 e. The number of aryl methyl sites for hydroxylation is 1. The maximum atomic E-state index is 12.1. The summed E-state index contributed by atoms with van der Waals surface area (Å²) in [6.45, 7) is 2.52. The van der Waals surface area contributed by atoms with Crippen molar-refractivity contribution < 1.29 is 14.5 Å². The summed E-state index contributed by atoms with van der Waals surface area (Å²) in [5.41, 5.74) is 5.74. The van der Waals surface area contributed by atoms with Crippen molar-refractivity contribution in [3.63, 3.8) is 0 Å². The zero-order valence-corrected chi connectivity index (χ0v) is 18.9. The van der Waals surface area contributed by atoms with Crippen LogP contribution >= 0.6 is 22.6 Å². The number of nitrogens with zero attached hydrogens (tertiary/aromatic N) is 2. The van der Waals surface area contributed by atoms with E-state index >= 15 is 0 Å².